The lowest BCUT2D eigenvalue weighted by Gasteiger charge is -2.25. The van der Waals surface area contributed by atoms with E-state index in [1.165, 1.54) is 0 Å². The van der Waals surface area contributed by atoms with Crippen molar-refractivity contribution in [3.63, 3.8) is 0 Å². The zero-order valence-electron chi connectivity index (χ0n) is 9.30. The number of hydrogen-bond donors (Lipinski definition) is 2. The molecule has 2 rings (SSSR count). The third-order valence-corrected chi connectivity index (χ3v) is 2.82. The van der Waals surface area contributed by atoms with Crippen molar-refractivity contribution in [3.05, 3.63) is 35.9 Å². The van der Waals surface area contributed by atoms with Crippen molar-refractivity contribution in [2.45, 2.75) is 12.5 Å². The minimum atomic E-state index is -0.904. The van der Waals surface area contributed by atoms with Crippen molar-refractivity contribution in [3.8, 4) is 0 Å². The van der Waals surface area contributed by atoms with Gasteiger partial charge in [-0.3, -0.25) is 4.79 Å². The maximum absolute atomic E-state index is 11.6. The van der Waals surface area contributed by atoms with Gasteiger partial charge in [0, 0.05) is 13.1 Å². The summed E-state index contributed by atoms with van der Waals surface area (Å²) < 4.78 is 0. The number of benzene rings is 1. The van der Waals surface area contributed by atoms with Crippen LogP contribution in [0.4, 0.5) is 4.79 Å². The molecule has 0 spiro atoms. The molecule has 1 saturated heterocycles. The standard InChI is InChI=1S/C12H14N2O3/c15-11(16)8-10(9-4-2-1-3-5-9)14-7-6-13-12(14)17/h1-5,10H,6-8H2,(H,13,17)(H,15,16)/t10-/m1/s1. The maximum Gasteiger partial charge on any atom is 0.318 e. The van der Waals surface area contributed by atoms with E-state index < -0.39 is 12.0 Å². The molecule has 1 aromatic rings. The van der Waals surface area contributed by atoms with Crippen LogP contribution in [0.15, 0.2) is 30.3 Å². The smallest absolute Gasteiger partial charge is 0.318 e. The van der Waals surface area contributed by atoms with Crippen LogP contribution in [0.3, 0.4) is 0 Å². The molecule has 1 heterocycles. The van der Waals surface area contributed by atoms with Crippen molar-refractivity contribution >= 4 is 12.0 Å². The first-order valence-electron chi connectivity index (χ1n) is 5.49. The van der Waals surface area contributed by atoms with E-state index in [-0.39, 0.29) is 12.5 Å². The first-order chi connectivity index (χ1) is 8.18. The molecule has 1 aliphatic heterocycles. The van der Waals surface area contributed by atoms with Gasteiger partial charge in [-0.1, -0.05) is 30.3 Å². The number of urea groups is 1. The first kappa shape index (κ1) is 11.4. The van der Waals surface area contributed by atoms with Crippen LogP contribution in [-0.4, -0.2) is 35.1 Å². The molecular formula is C12H14N2O3. The molecular weight excluding hydrogens is 220 g/mol. The number of amides is 2. The van der Waals surface area contributed by atoms with Gasteiger partial charge >= 0.3 is 12.0 Å². The van der Waals surface area contributed by atoms with Crippen LogP contribution in [0, 0.1) is 0 Å². The van der Waals surface area contributed by atoms with E-state index in [1.807, 2.05) is 30.3 Å². The lowest BCUT2D eigenvalue weighted by molar-refractivity contribution is -0.138. The lowest BCUT2D eigenvalue weighted by atomic mass is 10.0. The Hall–Kier alpha value is -2.04. The number of nitrogens with zero attached hydrogens (tertiary/aromatic N) is 1. The fraction of sp³-hybridized carbons (Fsp3) is 0.333. The summed E-state index contributed by atoms with van der Waals surface area (Å²) in [5, 5.41) is 11.6. The van der Waals surface area contributed by atoms with Gasteiger partial charge in [0.25, 0.3) is 0 Å². The second-order valence-corrected chi connectivity index (χ2v) is 3.95. The van der Waals surface area contributed by atoms with E-state index in [9.17, 15) is 9.59 Å². The molecule has 17 heavy (non-hydrogen) atoms. The Morgan fingerprint density at radius 3 is 2.65 bits per heavy atom. The largest absolute Gasteiger partial charge is 0.481 e. The molecule has 0 aromatic heterocycles. The Labute approximate surface area is 99.0 Å². The zero-order chi connectivity index (χ0) is 12.3. The van der Waals surface area contributed by atoms with E-state index in [4.69, 9.17) is 5.11 Å². The third kappa shape index (κ3) is 2.55. The summed E-state index contributed by atoms with van der Waals surface area (Å²) >= 11 is 0. The van der Waals surface area contributed by atoms with Gasteiger partial charge in [-0.15, -0.1) is 0 Å². The molecule has 0 bridgehead atoms. The predicted molar refractivity (Wildman–Crippen MR) is 61.5 cm³/mol. The number of aliphatic carboxylic acids is 1. The molecule has 90 valence electrons. The van der Waals surface area contributed by atoms with Crippen LogP contribution in [0.2, 0.25) is 0 Å². The van der Waals surface area contributed by atoms with Crippen LogP contribution < -0.4 is 5.32 Å². The Bertz CT molecular complexity index is 419. The number of carboxylic acid groups (broad SMARTS) is 1. The molecule has 5 heteroatoms. The Morgan fingerprint density at radius 2 is 2.12 bits per heavy atom. The van der Waals surface area contributed by atoms with Crippen molar-refractivity contribution in [2.24, 2.45) is 0 Å². The van der Waals surface area contributed by atoms with Gasteiger partial charge in [-0.2, -0.15) is 0 Å². The van der Waals surface area contributed by atoms with E-state index in [1.54, 1.807) is 4.90 Å². The van der Waals surface area contributed by atoms with Crippen molar-refractivity contribution in [2.75, 3.05) is 13.1 Å². The molecule has 1 fully saturated rings. The first-order valence-corrected chi connectivity index (χ1v) is 5.49. The average molecular weight is 234 g/mol. The van der Waals surface area contributed by atoms with Crippen molar-refractivity contribution < 1.29 is 14.7 Å². The number of nitrogens with one attached hydrogen (secondary N) is 1. The third-order valence-electron chi connectivity index (χ3n) is 2.82. The van der Waals surface area contributed by atoms with Crippen LogP contribution in [-0.2, 0) is 4.79 Å². The summed E-state index contributed by atoms with van der Waals surface area (Å²) in [5.74, 6) is -0.904. The number of hydrogen-bond acceptors (Lipinski definition) is 2. The average Bonchev–Trinajstić information content (AvgIpc) is 2.73. The second kappa shape index (κ2) is 4.86. The fourth-order valence-electron chi connectivity index (χ4n) is 2.03. The summed E-state index contributed by atoms with van der Waals surface area (Å²) in [6, 6.07) is 8.66. The Morgan fingerprint density at radius 1 is 1.41 bits per heavy atom. The van der Waals surface area contributed by atoms with E-state index in [2.05, 4.69) is 5.32 Å². The van der Waals surface area contributed by atoms with Crippen LogP contribution in [0.1, 0.15) is 18.0 Å². The summed E-state index contributed by atoms with van der Waals surface area (Å²) in [6.45, 7) is 1.12. The second-order valence-electron chi connectivity index (χ2n) is 3.95. The summed E-state index contributed by atoms with van der Waals surface area (Å²) in [4.78, 5) is 24.1. The van der Waals surface area contributed by atoms with Gasteiger partial charge in [-0.25, -0.2) is 4.79 Å². The Balaban J connectivity index is 2.25. The van der Waals surface area contributed by atoms with Crippen molar-refractivity contribution in [1.82, 2.24) is 10.2 Å². The van der Waals surface area contributed by atoms with Crippen LogP contribution in [0.5, 0.6) is 0 Å². The predicted octanol–water partition coefficient (Wildman–Crippen LogP) is 1.23. The number of carboxylic acids is 1. The van der Waals surface area contributed by atoms with E-state index in [0.717, 1.165) is 5.56 Å². The summed E-state index contributed by atoms with van der Waals surface area (Å²) in [7, 11) is 0. The zero-order valence-corrected chi connectivity index (χ0v) is 9.30. The lowest BCUT2D eigenvalue weighted by Crippen LogP contribution is -2.33. The molecule has 1 atom stereocenters. The van der Waals surface area contributed by atoms with Gasteiger partial charge < -0.3 is 15.3 Å². The Kier molecular flexibility index (Phi) is 3.27. The van der Waals surface area contributed by atoms with Gasteiger partial charge in [0.05, 0.1) is 12.5 Å². The van der Waals surface area contributed by atoms with E-state index in [0.29, 0.717) is 13.1 Å². The van der Waals surface area contributed by atoms with Gasteiger partial charge in [0.1, 0.15) is 0 Å². The summed E-state index contributed by atoms with van der Waals surface area (Å²) in [5.41, 5.74) is 0.854. The quantitative estimate of drug-likeness (QED) is 0.823. The summed E-state index contributed by atoms with van der Waals surface area (Å²) in [6.07, 6.45) is -0.0720. The molecule has 1 aliphatic rings. The molecule has 1 aromatic carbocycles. The topological polar surface area (TPSA) is 69.6 Å². The molecule has 2 amide bonds. The normalized spacial score (nSPS) is 16.7. The SMILES string of the molecule is O=C(O)C[C@H](c1ccccc1)N1CCNC1=O. The van der Waals surface area contributed by atoms with E-state index >= 15 is 0 Å². The maximum atomic E-state index is 11.6. The minimum absolute atomic E-state index is 0.0720. The highest BCUT2D eigenvalue weighted by atomic mass is 16.4. The van der Waals surface area contributed by atoms with Gasteiger partial charge in [-0.05, 0) is 5.56 Å². The highest BCUT2D eigenvalue weighted by molar-refractivity contribution is 5.78. The minimum Gasteiger partial charge on any atom is -0.481 e. The highest BCUT2D eigenvalue weighted by Gasteiger charge is 2.30. The van der Waals surface area contributed by atoms with Gasteiger partial charge in [0.2, 0.25) is 0 Å². The molecule has 0 saturated carbocycles. The van der Waals surface area contributed by atoms with Gasteiger partial charge in [0.15, 0.2) is 0 Å². The molecule has 0 unspecified atom stereocenters. The van der Waals surface area contributed by atoms with Crippen LogP contribution >= 0.6 is 0 Å². The molecule has 0 radical (unpaired) electrons. The monoisotopic (exact) mass is 234 g/mol. The molecule has 0 aliphatic carbocycles. The number of rotatable bonds is 4. The number of carbonyl (C=O) groups excluding carboxylic acids is 1. The van der Waals surface area contributed by atoms with Crippen molar-refractivity contribution in [1.29, 1.82) is 0 Å². The van der Waals surface area contributed by atoms with Crippen LogP contribution in [0.25, 0.3) is 0 Å². The molecule has 2 N–H and O–H groups in total. The number of carbonyl (C=O) groups is 2. The highest BCUT2D eigenvalue weighted by Crippen LogP contribution is 2.25. The molecule has 5 nitrogen and oxygen atoms in total. The fourth-order valence-corrected chi connectivity index (χ4v) is 2.03.